The van der Waals surface area contributed by atoms with Crippen LogP contribution in [0.15, 0.2) is 47.4 Å². The van der Waals surface area contributed by atoms with Gasteiger partial charge >= 0.3 is 5.97 Å². The van der Waals surface area contributed by atoms with Crippen molar-refractivity contribution in [2.45, 2.75) is 13.5 Å². The number of aromatic carboxylic acids is 1. The topological polar surface area (TPSA) is 71.3 Å². The molecule has 0 bridgehead atoms. The first-order valence-corrected chi connectivity index (χ1v) is 7.91. The Morgan fingerprint density at radius 1 is 1.32 bits per heavy atom. The second-order valence-corrected chi connectivity index (χ2v) is 5.83. The standard InChI is InChI=1S/C18H14ClFN2O3/c1-2-22-9-12(18(24)25)17(23)11-8-10(6-7-15(11)22)21-14-5-3-4-13(19)16(14)20/h3-9,21H,2H2,1H3,(H,24,25). The highest BCUT2D eigenvalue weighted by atomic mass is 35.5. The molecule has 3 rings (SSSR count). The number of fused-ring (bicyclic) bond motifs is 1. The lowest BCUT2D eigenvalue weighted by molar-refractivity contribution is 0.0695. The molecule has 0 aliphatic carbocycles. The molecule has 0 amide bonds. The summed E-state index contributed by atoms with van der Waals surface area (Å²) in [7, 11) is 0. The molecular formula is C18H14ClFN2O3. The fourth-order valence-corrected chi connectivity index (χ4v) is 2.82. The lowest BCUT2D eigenvalue weighted by Crippen LogP contribution is -2.18. The van der Waals surface area contributed by atoms with Gasteiger partial charge in [-0.2, -0.15) is 0 Å². The maximum absolute atomic E-state index is 14.0. The molecule has 0 spiro atoms. The second-order valence-electron chi connectivity index (χ2n) is 5.42. The minimum absolute atomic E-state index is 0.0210. The number of carboxylic acids is 1. The van der Waals surface area contributed by atoms with Crippen LogP contribution >= 0.6 is 11.6 Å². The number of rotatable bonds is 4. The van der Waals surface area contributed by atoms with Gasteiger partial charge in [-0.15, -0.1) is 0 Å². The summed E-state index contributed by atoms with van der Waals surface area (Å²) in [6, 6.07) is 9.44. The second kappa shape index (κ2) is 6.57. The molecule has 0 saturated heterocycles. The molecule has 7 heteroatoms. The van der Waals surface area contributed by atoms with Crippen LogP contribution in [0.3, 0.4) is 0 Å². The largest absolute Gasteiger partial charge is 0.477 e. The minimum Gasteiger partial charge on any atom is -0.477 e. The Hall–Kier alpha value is -2.86. The van der Waals surface area contributed by atoms with Gasteiger partial charge in [-0.1, -0.05) is 17.7 Å². The first-order chi connectivity index (χ1) is 11.9. The van der Waals surface area contributed by atoms with Crippen LogP contribution in [0.25, 0.3) is 10.9 Å². The van der Waals surface area contributed by atoms with Crippen LogP contribution in [0, 0.1) is 5.82 Å². The molecule has 0 aliphatic heterocycles. The molecule has 0 fully saturated rings. The van der Waals surface area contributed by atoms with Crippen molar-refractivity contribution in [2.24, 2.45) is 0 Å². The number of hydrogen-bond donors (Lipinski definition) is 2. The third kappa shape index (κ3) is 3.08. The quantitative estimate of drug-likeness (QED) is 0.729. The van der Waals surface area contributed by atoms with Gasteiger partial charge in [-0.25, -0.2) is 9.18 Å². The van der Waals surface area contributed by atoms with Gasteiger partial charge in [-0.3, -0.25) is 4.79 Å². The van der Waals surface area contributed by atoms with Gasteiger partial charge in [-0.05, 0) is 37.3 Å². The van der Waals surface area contributed by atoms with E-state index in [1.807, 2.05) is 6.92 Å². The van der Waals surface area contributed by atoms with Gasteiger partial charge in [0.25, 0.3) is 0 Å². The number of benzene rings is 2. The number of nitrogens with zero attached hydrogens (tertiary/aromatic N) is 1. The average Bonchev–Trinajstić information content (AvgIpc) is 2.59. The molecule has 0 saturated carbocycles. The van der Waals surface area contributed by atoms with Crippen molar-refractivity contribution in [1.82, 2.24) is 4.57 Å². The lowest BCUT2D eigenvalue weighted by Gasteiger charge is -2.13. The summed E-state index contributed by atoms with van der Waals surface area (Å²) >= 11 is 5.76. The summed E-state index contributed by atoms with van der Waals surface area (Å²) in [6.07, 6.45) is 1.33. The zero-order valence-corrected chi connectivity index (χ0v) is 14.0. The van der Waals surface area contributed by atoms with Crippen LogP contribution in [-0.2, 0) is 6.54 Å². The van der Waals surface area contributed by atoms with Crippen molar-refractivity contribution < 1.29 is 14.3 Å². The summed E-state index contributed by atoms with van der Waals surface area (Å²) in [5.41, 5.74) is 0.338. The molecule has 0 aliphatic rings. The van der Waals surface area contributed by atoms with E-state index in [9.17, 15) is 19.1 Å². The number of carbonyl (C=O) groups is 1. The number of aryl methyl sites for hydroxylation is 1. The summed E-state index contributed by atoms with van der Waals surface area (Å²) < 4.78 is 15.7. The van der Waals surface area contributed by atoms with Gasteiger partial charge in [0, 0.05) is 23.8 Å². The summed E-state index contributed by atoms with van der Waals surface area (Å²) in [6.45, 7) is 2.36. The van der Waals surface area contributed by atoms with Gasteiger partial charge in [0.05, 0.1) is 16.2 Å². The predicted octanol–water partition coefficient (Wildman–Crippen LogP) is 4.26. The molecule has 25 heavy (non-hydrogen) atoms. The van der Waals surface area contributed by atoms with E-state index < -0.39 is 17.2 Å². The van der Waals surface area contributed by atoms with E-state index in [0.29, 0.717) is 17.7 Å². The van der Waals surface area contributed by atoms with E-state index in [2.05, 4.69) is 5.32 Å². The SMILES string of the molecule is CCn1cc(C(=O)O)c(=O)c2cc(Nc3cccc(Cl)c3F)ccc21. The van der Waals surface area contributed by atoms with Gasteiger partial charge in [0.15, 0.2) is 5.82 Å². The first kappa shape index (κ1) is 17.0. The normalized spacial score (nSPS) is 10.8. The zero-order valence-electron chi connectivity index (χ0n) is 13.2. The van der Waals surface area contributed by atoms with Crippen molar-refractivity contribution in [1.29, 1.82) is 0 Å². The maximum atomic E-state index is 14.0. The van der Waals surface area contributed by atoms with Crippen molar-refractivity contribution in [3.05, 3.63) is 69.2 Å². The Kier molecular flexibility index (Phi) is 4.46. The number of anilines is 2. The Balaban J connectivity index is 2.16. The van der Waals surface area contributed by atoms with E-state index in [1.54, 1.807) is 22.8 Å². The number of nitrogens with one attached hydrogen (secondary N) is 1. The predicted molar refractivity (Wildman–Crippen MR) is 95.5 cm³/mol. The first-order valence-electron chi connectivity index (χ1n) is 7.54. The van der Waals surface area contributed by atoms with Gasteiger partial charge in [0.2, 0.25) is 5.43 Å². The Morgan fingerprint density at radius 3 is 2.76 bits per heavy atom. The van der Waals surface area contributed by atoms with E-state index in [0.717, 1.165) is 0 Å². The number of carboxylic acid groups (broad SMARTS) is 1. The van der Waals surface area contributed by atoms with E-state index in [4.69, 9.17) is 11.6 Å². The molecule has 0 atom stereocenters. The monoisotopic (exact) mass is 360 g/mol. The van der Waals surface area contributed by atoms with Crippen LogP contribution in [0.1, 0.15) is 17.3 Å². The number of hydrogen-bond acceptors (Lipinski definition) is 3. The van der Waals surface area contributed by atoms with Gasteiger partial charge < -0.3 is 15.0 Å². The van der Waals surface area contributed by atoms with Crippen LogP contribution in [0.4, 0.5) is 15.8 Å². The molecular weight excluding hydrogens is 347 g/mol. The average molecular weight is 361 g/mol. The summed E-state index contributed by atoms with van der Waals surface area (Å²) in [4.78, 5) is 23.7. The molecule has 3 aromatic rings. The minimum atomic E-state index is -1.28. The fourth-order valence-electron chi connectivity index (χ4n) is 2.65. The molecule has 2 aromatic carbocycles. The molecule has 1 aromatic heterocycles. The third-order valence-electron chi connectivity index (χ3n) is 3.88. The van der Waals surface area contributed by atoms with Crippen LogP contribution in [0.2, 0.25) is 5.02 Å². The van der Waals surface area contributed by atoms with E-state index >= 15 is 0 Å². The highest BCUT2D eigenvalue weighted by molar-refractivity contribution is 6.31. The zero-order chi connectivity index (χ0) is 18.1. The van der Waals surface area contributed by atoms with Gasteiger partial charge in [0.1, 0.15) is 5.56 Å². The Labute approximate surface area is 147 Å². The maximum Gasteiger partial charge on any atom is 0.341 e. The highest BCUT2D eigenvalue weighted by Gasteiger charge is 2.15. The van der Waals surface area contributed by atoms with Crippen LogP contribution in [-0.4, -0.2) is 15.6 Å². The number of pyridine rings is 1. The van der Waals surface area contributed by atoms with Crippen molar-refractivity contribution in [3.63, 3.8) is 0 Å². The third-order valence-corrected chi connectivity index (χ3v) is 4.17. The fraction of sp³-hybridized carbons (Fsp3) is 0.111. The molecule has 2 N–H and O–H groups in total. The highest BCUT2D eigenvalue weighted by Crippen LogP contribution is 2.26. The number of halogens is 2. The number of aromatic nitrogens is 1. The smallest absolute Gasteiger partial charge is 0.341 e. The molecule has 0 radical (unpaired) electrons. The summed E-state index contributed by atoms with van der Waals surface area (Å²) in [5, 5.41) is 12.3. The lowest BCUT2D eigenvalue weighted by atomic mass is 10.1. The van der Waals surface area contributed by atoms with Crippen molar-refractivity contribution in [2.75, 3.05) is 5.32 Å². The van der Waals surface area contributed by atoms with Crippen molar-refractivity contribution >= 4 is 39.8 Å². The van der Waals surface area contributed by atoms with E-state index in [1.165, 1.54) is 24.4 Å². The summed E-state index contributed by atoms with van der Waals surface area (Å²) in [5.74, 6) is -1.89. The Bertz CT molecular complexity index is 1050. The van der Waals surface area contributed by atoms with Crippen LogP contribution < -0.4 is 10.7 Å². The molecule has 5 nitrogen and oxygen atoms in total. The van der Waals surface area contributed by atoms with E-state index in [-0.39, 0.29) is 21.7 Å². The van der Waals surface area contributed by atoms with Crippen LogP contribution in [0.5, 0.6) is 0 Å². The Morgan fingerprint density at radius 2 is 2.08 bits per heavy atom. The molecule has 128 valence electrons. The molecule has 1 heterocycles. The van der Waals surface area contributed by atoms with Crippen molar-refractivity contribution in [3.8, 4) is 0 Å². The molecule has 0 unspecified atom stereocenters.